The van der Waals surface area contributed by atoms with Gasteiger partial charge in [0.15, 0.2) is 0 Å². The van der Waals surface area contributed by atoms with E-state index >= 15 is 0 Å². The van der Waals surface area contributed by atoms with Gasteiger partial charge < -0.3 is 5.32 Å². The van der Waals surface area contributed by atoms with Gasteiger partial charge in [0.25, 0.3) is 5.69 Å². The normalized spacial score (nSPS) is 13.2. The molecule has 0 aliphatic heterocycles. The fraction of sp³-hybridized carbons (Fsp3) is 0.500. The van der Waals surface area contributed by atoms with Gasteiger partial charge in [0.1, 0.15) is 0 Å². The molecule has 2 N–H and O–H groups in total. The van der Waals surface area contributed by atoms with E-state index in [0.29, 0.717) is 12.1 Å². The zero-order valence-corrected chi connectivity index (χ0v) is 12.5. The number of hydrogen-bond acceptors (Lipinski definition) is 5. The summed E-state index contributed by atoms with van der Waals surface area (Å²) in [5.41, 5.74) is 1.50. The van der Waals surface area contributed by atoms with Crippen molar-refractivity contribution in [2.24, 2.45) is 0 Å². The van der Waals surface area contributed by atoms with Crippen molar-refractivity contribution in [3.05, 3.63) is 39.4 Å². The molecule has 0 aliphatic rings. The minimum absolute atomic E-state index is 0.0883. The van der Waals surface area contributed by atoms with Gasteiger partial charge in [-0.05, 0) is 19.4 Å². The lowest BCUT2D eigenvalue weighted by molar-refractivity contribution is -0.385. The van der Waals surface area contributed by atoms with Crippen molar-refractivity contribution in [3.63, 3.8) is 0 Å². The van der Waals surface area contributed by atoms with E-state index in [9.17, 15) is 18.5 Å². The number of nitrogens with zero attached hydrogens (tertiary/aromatic N) is 1. The molecule has 7 nitrogen and oxygen atoms in total. The summed E-state index contributed by atoms with van der Waals surface area (Å²) in [6.07, 6.45) is 1.10. The van der Waals surface area contributed by atoms with Gasteiger partial charge in [0, 0.05) is 30.8 Å². The van der Waals surface area contributed by atoms with Crippen molar-refractivity contribution in [2.75, 3.05) is 19.3 Å². The molecule has 0 aromatic heterocycles. The first-order valence-electron chi connectivity index (χ1n) is 6.13. The minimum atomic E-state index is -3.19. The molecule has 0 heterocycles. The summed E-state index contributed by atoms with van der Waals surface area (Å²) in [4.78, 5) is 10.5. The van der Waals surface area contributed by atoms with E-state index in [1.165, 1.54) is 6.07 Å². The molecule has 1 aromatic carbocycles. The molecule has 1 atom stereocenters. The molecule has 0 saturated carbocycles. The summed E-state index contributed by atoms with van der Waals surface area (Å²) in [5.74, 6) is 0. The summed E-state index contributed by atoms with van der Waals surface area (Å²) in [6, 6.07) is 4.97. The van der Waals surface area contributed by atoms with Crippen LogP contribution < -0.4 is 10.0 Å². The van der Waals surface area contributed by atoms with Gasteiger partial charge >= 0.3 is 0 Å². The summed E-state index contributed by atoms with van der Waals surface area (Å²) >= 11 is 0. The van der Waals surface area contributed by atoms with Gasteiger partial charge in [0.2, 0.25) is 10.0 Å². The topological polar surface area (TPSA) is 101 Å². The lowest BCUT2D eigenvalue weighted by Crippen LogP contribution is -2.32. The highest BCUT2D eigenvalue weighted by molar-refractivity contribution is 7.88. The van der Waals surface area contributed by atoms with Crippen LogP contribution >= 0.6 is 0 Å². The van der Waals surface area contributed by atoms with Crippen molar-refractivity contribution in [1.29, 1.82) is 0 Å². The molecule has 0 spiro atoms. The molecule has 1 rings (SSSR count). The van der Waals surface area contributed by atoms with Crippen LogP contribution in [0.15, 0.2) is 18.2 Å². The average molecular weight is 301 g/mol. The highest BCUT2D eigenvalue weighted by Gasteiger charge is 2.14. The standard InChI is InChI=1S/C12H19N3O4S/c1-9-4-5-11(8-12(9)15(16)17)10(2)13-6-7-14-20(3,18)19/h4-5,8,10,13-14H,6-7H2,1-3H3. The van der Waals surface area contributed by atoms with Crippen molar-refractivity contribution in [1.82, 2.24) is 10.0 Å². The van der Waals surface area contributed by atoms with E-state index in [-0.39, 0.29) is 18.3 Å². The number of hydrogen-bond donors (Lipinski definition) is 2. The third kappa shape index (κ3) is 5.24. The van der Waals surface area contributed by atoms with Crippen molar-refractivity contribution >= 4 is 15.7 Å². The summed E-state index contributed by atoms with van der Waals surface area (Å²) in [5, 5.41) is 14.0. The second kappa shape index (κ2) is 6.78. The minimum Gasteiger partial charge on any atom is -0.309 e. The van der Waals surface area contributed by atoms with Gasteiger partial charge in [0.05, 0.1) is 11.2 Å². The summed E-state index contributed by atoms with van der Waals surface area (Å²) in [7, 11) is -3.19. The number of benzene rings is 1. The predicted octanol–water partition coefficient (Wildman–Crippen LogP) is 1.10. The zero-order chi connectivity index (χ0) is 15.3. The highest BCUT2D eigenvalue weighted by Crippen LogP contribution is 2.22. The van der Waals surface area contributed by atoms with Gasteiger partial charge in [-0.25, -0.2) is 13.1 Å². The van der Waals surface area contributed by atoms with Crippen LogP contribution in [0, 0.1) is 17.0 Å². The van der Waals surface area contributed by atoms with E-state index in [4.69, 9.17) is 0 Å². The number of nitro benzene ring substituents is 1. The monoisotopic (exact) mass is 301 g/mol. The fourth-order valence-electron chi connectivity index (χ4n) is 1.74. The average Bonchev–Trinajstić information content (AvgIpc) is 2.33. The Labute approximate surface area is 118 Å². The van der Waals surface area contributed by atoms with Gasteiger partial charge in [-0.3, -0.25) is 10.1 Å². The van der Waals surface area contributed by atoms with Crippen LogP contribution in [-0.4, -0.2) is 32.7 Å². The molecule has 0 radical (unpaired) electrons. The van der Waals surface area contributed by atoms with Crippen LogP contribution in [0.5, 0.6) is 0 Å². The number of nitro groups is 1. The van der Waals surface area contributed by atoms with Crippen molar-refractivity contribution in [2.45, 2.75) is 19.9 Å². The number of aryl methyl sites for hydroxylation is 1. The first kappa shape index (κ1) is 16.5. The van der Waals surface area contributed by atoms with Crippen LogP contribution in [0.4, 0.5) is 5.69 Å². The molecule has 8 heteroatoms. The molecule has 0 saturated heterocycles. The highest BCUT2D eigenvalue weighted by atomic mass is 32.2. The predicted molar refractivity (Wildman–Crippen MR) is 77.1 cm³/mol. The summed E-state index contributed by atoms with van der Waals surface area (Å²) in [6.45, 7) is 4.28. The van der Waals surface area contributed by atoms with E-state index in [2.05, 4.69) is 10.0 Å². The Hall–Kier alpha value is -1.51. The maximum absolute atomic E-state index is 10.9. The Bertz CT molecular complexity index is 586. The van der Waals surface area contributed by atoms with E-state index in [1.54, 1.807) is 13.0 Å². The quantitative estimate of drug-likeness (QED) is 0.446. The van der Waals surface area contributed by atoms with Crippen molar-refractivity contribution < 1.29 is 13.3 Å². The number of rotatable bonds is 7. The van der Waals surface area contributed by atoms with Crippen LogP contribution in [0.2, 0.25) is 0 Å². The molecular weight excluding hydrogens is 282 g/mol. The summed E-state index contributed by atoms with van der Waals surface area (Å²) < 4.78 is 24.1. The largest absolute Gasteiger partial charge is 0.309 e. The van der Waals surface area contributed by atoms with E-state index < -0.39 is 14.9 Å². The Morgan fingerprint density at radius 3 is 2.55 bits per heavy atom. The van der Waals surface area contributed by atoms with Crippen LogP contribution in [0.1, 0.15) is 24.1 Å². The van der Waals surface area contributed by atoms with Crippen LogP contribution in [0.25, 0.3) is 0 Å². The molecule has 0 bridgehead atoms. The van der Waals surface area contributed by atoms with Crippen molar-refractivity contribution in [3.8, 4) is 0 Å². The first-order chi connectivity index (χ1) is 9.20. The Kier molecular flexibility index (Phi) is 5.61. The van der Waals surface area contributed by atoms with Gasteiger partial charge in [-0.1, -0.05) is 12.1 Å². The van der Waals surface area contributed by atoms with E-state index in [1.807, 2.05) is 13.0 Å². The Morgan fingerprint density at radius 2 is 2.00 bits per heavy atom. The maximum Gasteiger partial charge on any atom is 0.272 e. The first-order valence-corrected chi connectivity index (χ1v) is 8.03. The third-order valence-electron chi connectivity index (χ3n) is 2.87. The maximum atomic E-state index is 10.9. The molecular formula is C12H19N3O4S. The Morgan fingerprint density at radius 1 is 1.35 bits per heavy atom. The van der Waals surface area contributed by atoms with E-state index in [0.717, 1.165) is 11.8 Å². The molecule has 0 fully saturated rings. The number of nitrogens with one attached hydrogen (secondary N) is 2. The molecule has 20 heavy (non-hydrogen) atoms. The molecule has 1 unspecified atom stereocenters. The van der Waals surface area contributed by atoms with Gasteiger partial charge in [-0.2, -0.15) is 0 Å². The second-order valence-electron chi connectivity index (χ2n) is 4.65. The SMILES string of the molecule is Cc1ccc(C(C)NCCNS(C)(=O)=O)cc1[N+](=O)[O-]. The Balaban J connectivity index is 2.62. The third-order valence-corrected chi connectivity index (χ3v) is 3.60. The smallest absolute Gasteiger partial charge is 0.272 e. The second-order valence-corrected chi connectivity index (χ2v) is 6.48. The molecule has 112 valence electrons. The molecule has 1 aromatic rings. The molecule has 0 amide bonds. The molecule has 0 aliphatic carbocycles. The lowest BCUT2D eigenvalue weighted by atomic mass is 10.0. The number of sulfonamides is 1. The van der Waals surface area contributed by atoms with Crippen LogP contribution in [-0.2, 0) is 10.0 Å². The fourth-order valence-corrected chi connectivity index (χ4v) is 2.21. The van der Waals surface area contributed by atoms with Crippen LogP contribution in [0.3, 0.4) is 0 Å². The zero-order valence-electron chi connectivity index (χ0n) is 11.7. The lowest BCUT2D eigenvalue weighted by Gasteiger charge is -2.14. The van der Waals surface area contributed by atoms with Gasteiger partial charge in [-0.15, -0.1) is 0 Å².